The van der Waals surface area contributed by atoms with E-state index in [2.05, 4.69) is 9.88 Å². The van der Waals surface area contributed by atoms with Gasteiger partial charge in [0.05, 0.1) is 11.1 Å². The van der Waals surface area contributed by atoms with Crippen molar-refractivity contribution in [2.24, 2.45) is 0 Å². The summed E-state index contributed by atoms with van der Waals surface area (Å²) in [6.07, 6.45) is 7.72. The molecule has 4 rings (SSSR count). The van der Waals surface area contributed by atoms with Gasteiger partial charge in [-0.3, -0.25) is 9.78 Å². The zero-order valence-corrected chi connectivity index (χ0v) is 13.0. The van der Waals surface area contributed by atoms with E-state index in [-0.39, 0.29) is 12.0 Å². The molecule has 0 spiro atoms. The second kappa shape index (κ2) is 5.72. The normalized spacial score (nSPS) is 26.9. The molecular weight excluding hydrogens is 296 g/mol. The van der Waals surface area contributed by atoms with Crippen LogP contribution in [-0.2, 0) is 0 Å². The van der Waals surface area contributed by atoms with E-state index in [4.69, 9.17) is 4.74 Å². The first-order valence-electron chi connectivity index (χ1n) is 7.74. The molecule has 2 saturated heterocycles. The molecule has 5 heteroatoms. The van der Waals surface area contributed by atoms with Gasteiger partial charge in [0.25, 0.3) is 5.91 Å². The van der Waals surface area contributed by atoms with Crippen LogP contribution in [0, 0.1) is 0 Å². The fraction of sp³-hybridized carbons (Fsp3) is 0.412. The van der Waals surface area contributed by atoms with Gasteiger partial charge >= 0.3 is 0 Å². The van der Waals surface area contributed by atoms with Gasteiger partial charge in [0.2, 0.25) is 0 Å². The maximum Gasteiger partial charge on any atom is 0.264 e. The van der Waals surface area contributed by atoms with Crippen LogP contribution in [0.25, 0.3) is 0 Å². The number of carbonyl (C=O) groups excluding carboxylic acids is 1. The zero-order chi connectivity index (χ0) is 14.9. The van der Waals surface area contributed by atoms with E-state index in [0.29, 0.717) is 12.1 Å². The molecule has 2 unspecified atom stereocenters. The van der Waals surface area contributed by atoms with Gasteiger partial charge in [0.1, 0.15) is 11.9 Å². The van der Waals surface area contributed by atoms with Crippen LogP contribution in [0.4, 0.5) is 0 Å². The van der Waals surface area contributed by atoms with E-state index >= 15 is 0 Å². The average molecular weight is 314 g/mol. The fourth-order valence-corrected chi connectivity index (χ4v) is 4.36. The van der Waals surface area contributed by atoms with Crippen molar-refractivity contribution in [1.29, 1.82) is 0 Å². The van der Waals surface area contributed by atoms with Crippen LogP contribution in [0.15, 0.2) is 42.0 Å². The van der Waals surface area contributed by atoms with Crippen LogP contribution in [0.5, 0.6) is 5.75 Å². The van der Waals surface area contributed by atoms with E-state index in [1.165, 1.54) is 11.3 Å². The lowest BCUT2D eigenvalue weighted by molar-refractivity contribution is 0.0362. The number of hydrogen-bond acceptors (Lipinski definition) is 4. The summed E-state index contributed by atoms with van der Waals surface area (Å²) in [5.41, 5.74) is 0. The Morgan fingerprint density at radius 3 is 2.68 bits per heavy atom. The van der Waals surface area contributed by atoms with Gasteiger partial charge in [0, 0.05) is 31.1 Å². The molecule has 4 nitrogen and oxygen atoms in total. The largest absolute Gasteiger partial charge is 0.489 e. The van der Waals surface area contributed by atoms with Crippen molar-refractivity contribution in [1.82, 2.24) is 9.88 Å². The molecule has 0 aliphatic carbocycles. The number of pyridine rings is 1. The van der Waals surface area contributed by atoms with E-state index in [0.717, 1.165) is 36.3 Å². The first-order chi connectivity index (χ1) is 10.8. The van der Waals surface area contributed by atoms with E-state index < -0.39 is 0 Å². The molecule has 2 bridgehead atoms. The Hall–Kier alpha value is -1.88. The Kier molecular flexibility index (Phi) is 3.58. The quantitative estimate of drug-likeness (QED) is 0.872. The second-order valence-electron chi connectivity index (χ2n) is 5.97. The average Bonchev–Trinajstić information content (AvgIpc) is 3.15. The molecule has 2 aliphatic rings. The van der Waals surface area contributed by atoms with Crippen molar-refractivity contribution in [2.45, 2.75) is 43.9 Å². The number of carbonyl (C=O) groups is 1. The summed E-state index contributed by atoms with van der Waals surface area (Å²) < 4.78 is 6.06. The highest BCUT2D eigenvalue weighted by molar-refractivity contribution is 7.12. The van der Waals surface area contributed by atoms with Crippen LogP contribution in [0.1, 0.15) is 35.4 Å². The molecule has 0 saturated carbocycles. The lowest BCUT2D eigenvalue weighted by Gasteiger charge is -2.38. The SMILES string of the molecule is O=C(c1cccs1)N1C2CCC1CC(Oc1cccnc1)C2. The van der Waals surface area contributed by atoms with Gasteiger partial charge in [-0.1, -0.05) is 6.07 Å². The third-order valence-corrected chi connectivity index (χ3v) is 5.45. The molecule has 114 valence electrons. The minimum absolute atomic E-state index is 0.189. The summed E-state index contributed by atoms with van der Waals surface area (Å²) in [6.45, 7) is 0. The van der Waals surface area contributed by atoms with Crippen molar-refractivity contribution < 1.29 is 9.53 Å². The van der Waals surface area contributed by atoms with Gasteiger partial charge in [-0.05, 0) is 36.4 Å². The Bertz CT molecular complexity index is 630. The van der Waals surface area contributed by atoms with Crippen molar-refractivity contribution in [3.8, 4) is 5.75 Å². The summed E-state index contributed by atoms with van der Waals surface area (Å²) in [4.78, 5) is 19.7. The molecule has 1 amide bonds. The summed E-state index contributed by atoms with van der Waals surface area (Å²) in [5, 5.41) is 1.97. The number of fused-ring (bicyclic) bond motifs is 2. The molecule has 2 aromatic rings. The van der Waals surface area contributed by atoms with Gasteiger partial charge in [0.15, 0.2) is 0 Å². The van der Waals surface area contributed by atoms with Crippen LogP contribution in [0.2, 0.25) is 0 Å². The highest BCUT2D eigenvalue weighted by Crippen LogP contribution is 2.38. The van der Waals surface area contributed by atoms with E-state index in [1.807, 2.05) is 29.6 Å². The standard InChI is InChI=1S/C17H18N2O2S/c20-17(16-4-2-8-22-16)19-12-5-6-13(19)10-15(9-12)21-14-3-1-7-18-11-14/h1-4,7-8,11-13,15H,5-6,9-10H2. The molecular formula is C17H18N2O2S. The van der Waals surface area contributed by atoms with Gasteiger partial charge in [-0.15, -0.1) is 11.3 Å². The van der Waals surface area contributed by atoms with Crippen molar-refractivity contribution in [3.63, 3.8) is 0 Å². The Balaban J connectivity index is 1.47. The number of ether oxygens (including phenoxy) is 1. The highest BCUT2D eigenvalue weighted by Gasteiger charge is 2.44. The first-order valence-corrected chi connectivity index (χ1v) is 8.62. The van der Waals surface area contributed by atoms with Gasteiger partial charge in [-0.2, -0.15) is 0 Å². The molecule has 22 heavy (non-hydrogen) atoms. The van der Waals surface area contributed by atoms with Gasteiger partial charge < -0.3 is 9.64 Å². The summed E-state index contributed by atoms with van der Waals surface area (Å²) >= 11 is 1.53. The number of amides is 1. The third-order valence-electron chi connectivity index (χ3n) is 4.59. The lowest BCUT2D eigenvalue weighted by atomic mass is 9.99. The van der Waals surface area contributed by atoms with E-state index in [1.54, 1.807) is 12.4 Å². The maximum absolute atomic E-state index is 12.7. The number of piperidine rings is 1. The molecule has 4 heterocycles. The first kappa shape index (κ1) is 13.8. The monoisotopic (exact) mass is 314 g/mol. The third kappa shape index (κ3) is 2.50. The molecule has 0 N–H and O–H groups in total. The number of hydrogen-bond donors (Lipinski definition) is 0. The minimum atomic E-state index is 0.189. The number of thiophene rings is 1. The number of rotatable bonds is 3. The molecule has 0 radical (unpaired) electrons. The lowest BCUT2D eigenvalue weighted by Crippen LogP contribution is -2.49. The Morgan fingerprint density at radius 1 is 1.23 bits per heavy atom. The zero-order valence-electron chi connectivity index (χ0n) is 12.2. The summed E-state index contributed by atoms with van der Waals surface area (Å²) in [7, 11) is 0. The number of aromatic nitrogens is 1. The Morgan fingerprint density at radius 2 is 2.05 bits per heavy atom. The summed E-state index contributed by atoms with van der Waals surface area (Å²) in [6, 6.07) is 8.32. The molecule has 0 aromatic carbocycles. The maximum atomic E-state index is 12.7. The molecule has 2 fully saturated rings. The minimum Gasteiger partial charge on any atom is -0.489 e. The summed E-state index contributed by atoms with van der Waals surface area (Å²) in [5.74, 6) is 1.02. The van der Waals surface area contributed by atoms with Crippen molar-refractivity contribution in [3.05, 3.63) is 46.9 Å². The smallest absolute Gasteiger partial charge is 0.264 e. The topological polar surface area (TPSA) is 42.4 Å². The fourth-order valence-electron chi connectivity index (χ4n) is 3.69. The highest BCUT2D eigenvalue weighted by atomic mass is 32.1. The predicted molar refractivity (Wildman–Crippen MR) is 85.2 cm³/mol. The predicted octanol–water partition coefficient (Wildman–Crippen LogP) is 3.36. The van der Waals surface area contributed by atoms with Crippen molar-refractivity contribution in [2.75, 3.05) is 0 Å². The molecule has 2 atom stereocenters. The Labute approximate surface area is 133 Å². The number of nitrogens with zero attached hydrogens (tertiary/aromatic N) is 2. The van der Waals surface area contributed by atoms with Crippen molar-refractivity contribution >= 4 is 17.2 Å². The van der Waals surface area contributed by atoms with E-state index in [9.17, 15) is 4.79 Å². The van der Waals surface area contributed by atoms with Gasteiger partial charge in [-0.25, -0.2) is 0 Å². The van der Waals surface area contributed by atoms with Crippen LogP contribution >= 0.6 is 11.3 Å². The second-order valence-corrected chi connectivity index (χ2v) is 6.92. The van der Waals surface area contributed by atoms with Crippen LogP contribution < -0.4 is 4.74 Å². The molecule has 2 aromatic heterocycles. The molecule has 2 aliphatic heterocycles. The van der Waals surface area contributed by atoms with Crippen LogP contribution in [0.3, 0.4) is 0 Å². The van der Waals surface area contributed by atoms with Crippen LogP contribution in [-0.4, -0.2) is 34.0 Å².